The highest BCUT2D eigenvalue weighted by atomic mass is 35.5. The van der Waals surface area contributed by atoms with Crippen molar-refractivity contribution < 1.29 is 14.3 Å². The number of amides is 2. The first-order chi connectivity index (χ1) is 13.2. The van der Waals surface area contributed by atoms with Crippen LogP contribution in [-0.2, 0) is 9.59 Å². The third kappa shape index (κ3) is 4.11. The second-order valence-corrected chi connectivity index (χ2v) is 7.59. The molecule has 3 aliphatic rings. The van der Waals surface area contributed by atoms with Gasteiger partial charge < -0.3 is 19.9 Å². The van der Waals surface area contributed by atoms with Crippen molar-refractivity contribution in [1.29, 1.82) is 0 Å². The van der Waals surface area contributed by atoms with Gasteiger partial charge in [-0.05, 0) is 18.6 Å². The molecule has 0 bridgehead atoms. The lowest BCUT2D eigenvalue weighted by molar-refractivity contribution is -0.135. The lowest BCUT2D eigenvalue weighted by atomic mass is 10.1. The fourth-order valence-corrected chi connectivity index (χ4v) is 4.50. The van der Waals surface area contributed by atoms with Crippen molar-refractivity contribution in [3.63, 3.8) is 0 Å². The lowest BCUT2D eigenvalue weighted by Gasteiger charge is -2.32. The number of piperazine rings is 1. The van der Waals surface area contributed by atoms with Crippen LogP contribution >= 0.6 is 12.4 Å². The molecule has 0 spiro atoms. The van der Waals surface area contributed by atoms with Crippen LogP contribution in [0.4, 0.5) is 5.69 Å². The highest BCUT2D eigenvalue weighted by Crippen LogP contribution is 2.33. The van der Waals surface area contributed by atoms with E-state index in [1.54, 1.807) is 12.0 Å². The molecule has 0 aliphatic carbocycles. The maximum Gasteiger partial charge on any atom is 0.228 e. The first kappa shape index (κ1) is 20.9. The average molecular weight is 409 g/mol. The van der Waals surface area contributed by atoms with Gasteiger partial charge in [-0.1, -0.05) is 12.1 Å². The predicted molar refractivity (Wildman–Crippen MR) is 110 cm³/mol. The van der Waals surface area contributed by atoms with Crippen LogP contribution in [0.1, 0.15) is 12.8 Å². The number of ether oxygens (including phenoxy) is 1. The van der Waals surface area contributed by atoms with Crippen LogP contribution in [0.3, 0.4) is 0 Å². The number of hydrogen-bond donors (Lipinski definition) is 1. The Morgan fingerprint density at radius 1 is 1.14 bits per heavy atom. The van der Waals surface area contributed by atoms with Crippen LogP contribution in [0.5, 0.6) is 5.75 Å². The van der Waals surface area contributed by atoms with Gasteiger partial charge in [0, 0.05) is 58.3 Å². The van der Waals surface area contributed by atoms with E-state index in [0.717, 1.165) is 51.4 Å². The van der Waals surface area contributed by atoms with E-state index in [-0.39, 0.29) is 36.6 Å². The Bertz CT molecular complexity index is 710. The number of nitrogens with one attached hydrogen (secondary N) is 1. The Morgan fingerprint density at radius 3 is 2.64 bits per heavy atom. The molecule has 3 saturated heterocycles. The summed E-state index contributed by atoms with van der Waals surface area (Å²) in [6.07, 6.45) is 1.31. The van der Waals surface area contributed by atoms with Crippen LogP contribution in [-0.4, -0.2) is 80.6 Å². The highest BCUT2D eigenvalue weighted by molar-refractivity contribution is 6.01. The molecule has 28 heavy (non-hydrogen) atoms. The molecule has 0 saturated carbocycles. The number of halogens is 1. The normalized spacial score (nSPS) is 25.7. The van der Waals surface area contributed by atoms with Crippen LogP contribution in [0.2, 0.25) is 0 Å². The van der Waals surface area contributed by atoms with Crippen molar-refractivity contribution in [2.45, 2.75) is 18.9 Å². The van der Waals surface area contributed by atoms with E-state index in [1.165, 1.54) is 0 Å². The number of anilines is 1. The summed E-state index contributed by atoms with van der Waals surface area (Å²) in [4.78, 5) is 31.8. The molecular weight excluding hydrogens is 380 g/mol. The van der Waals surface area contributed by atoms with Crippen LogP contribution in [0.15, 0.2) is 24.3 Å². The summed E-state index contributed by atoms with van der Waals surface area (Å²) in [5.41, 5.74) is 0.750. The summed E-state index contributed by atoms with van der Waals surface area (Å²) >= 11 is 0. The predicted octanol–water partition coefficient (Wildman–Crippen LogP) is 0.976. The topological polar surface area (TPSA) is 65.1 Å². The number of nitrogens with zero attached hydrogens (tertiary/aromatic N) is 3. The Kier molecular flexibility index (Phi) is 6.80. The minimum Gasteiger partial charge on any atom is -0.495 e. The number of methoxy groups -OCH3 is 1. The molecule has 0 radical (unpaired) electrons. The molecule has 8 heteroatoms. The zero-order chi connectivity index (χ0) is 18.8. The summed E-state index contributed by atoms with van der Waals surface area (Å²) in [7, 11) is 1.60. The SMILES string of the molecule is COc1ccccc1N1CC(C(=O)N2CCC(N3CCNCC3)C2)CC1=O.Cl. The third-order valence-electron chi connectivity index (χ3n) is 5.99. The van der Waals surface area contributed by atoms with Crippen molar-refractivity contribution >= 4 is 29.9 Å². The van der Waals surface area contributed by atoms with Gasteiger partial charge in [0.15, 0.2) is 0 Å². The van der Waals surface area contributed by atoms with E-state index >= 15 is 0 Å². The van der Waals surface area contributed by atoms with E-state index in [1.807, 2.05) is 29.2 Å². The van der Waals surface area contributed by atoms with Crippen molar-refractivity contribution in [1.82, 2.24) is 15.1 Å². The highest BCUT2D eigenvalue weighted by Gasteiger charge is 2.40. The van der Waals surface area contributed by atoms with Crippen molar-refractivity contribution in [3.05, 3.63) is 24.3 Å². The van der Waals surface area contributed by atoms with Gasteiger partial charge >= 0.3 is 0 Å². The van der Waals surface area contributed by atoms with Crippen LogP contribution in [0, 0.1) is 5.92 Å². The molecule has 0 aromatic heterocycles. The van der Waals surface area contributed by atoms with E-state index in [9.17, 15) is 9.59 Å². The van der Waals surface area contributed by atoms with E-state index < -0.39 is 0 Å². The molecule has 4 rings (SSSR count). The van der Waals surface area contributed by atoms with Gasteiger partial charge in [-0.2, -0.15) is 0 Å². The van der Waals surface area contributed by atoms with Crippen molar-refractivity contribution in [2.24, 2.45) is 5.92 Å². The molecule has 1 aromatic carbocycles. The Hall–Kier alpha value is -1.83. The summed E-state index contributed by atoms with van der Waals surface area (Å²) < 4.78 is 5.38. The quantitative estimate of drug-likeness (QED) is 0.804. The smallest absolute Gasteiger partial charge is 0.228 e. The first-order valence-electron chi connectivity index (χ1n) is 9.84. The Labute approximate surface area is 172 Å². The minimum atomic E-state index is -0.260. The largest absolute Gasteiger partial charge is 0.495 e. The number of carbonyl (C=O) groups excluding carboxylic acids is 2. The molecule has 2 amide bonds. The summed E-state index contributed by atoms with van der Waals surface area (Å²) in [6.45, 7) is 6.18. The zero-order valence-electron chi connectivity index (χ0n) is 16.3. The second kappa shape index (κ2) is 9.11. The zero-order valence-corrected chi connectivity index (χ0v) is 17.1. The number of benzene rings is 1. The van der Waals surface area contributed by atoms with E-state index in [0.29, 0.717) is 18.3 Å². The van der Waals surface area contributed by atoms with Gasteiger partial charge in [-0.3, -0.25) is 14.5 Å². The average Bonchev–Trinajstić information content (AvgIpc) is 3.35. The number of rotatable bonds is 4. The maximum atomic E-state index is 13.0. The molecule has 1 aromatic rings. The number of hydrogen-bond acceptors (Lipinski definition) is 5. The Balaban J connectivity index is 0.00000225. The number of carbonyl (C=O) groups is 2. The molecule has 2 unspecified atom stereocenters. The standard InChI is InChI=1S/C20H28N4O3.ClH/c1-27-18-5-3-2-4-17(18)24-13-15(12-19(24)25)20(26)23-9-6-16(14-23)22-10-7-21-8-11-22;/h2-5,15-16,21H,6-14H2,1H3;1H. The Morgan fingerprint density at radius 2 is 1.89 bits per heavy atom. The van der Waals surface area contributed by atoms with Gasteiger partial charge in [0.2, 0.25) is 11.8 Å². The van der Waals surface area contributed by atoms with Gasteiger partial charge in [-0.25, -0.2) is 0 Å². The summed E-state index contributed by atoms with van der Waals surface area (Å²) in [5.74, 6) is 0.525. The molecule has 154 valence electrons. The molecule has 3 heterocycles. The van der Waals surface area contributed by atoms with Gasteiger partial charge in [0.25, 0.3) is 0 Å². The molecule has 3 aliphatic heterocycles. The van der Waals surface area contributed by atoms with Crippen molar-refractivity contribution in [2.75, 3.05) is 57.8 Å². The third-order valence-corrected chi connectivity index (χ3v) is 5.99. The summed E-state index contributed by atoms with van der Waals surface area (Å²) in [5, 5.41) is 3.38. The fourth-order valence-electron chi connectivity index (χ4n) is 4.50. The fraction of sp³-hybridized carbons (Fsp3) is 0.600. The lowest BCUT2D eigenvalue weighted by Crippen LogP contribution is -2.49. The first-order valence-corrected chi connectivity index (χ1v) is 9.84. The van der Waals surface area contributed by atoms with Crippen molar-refractivity contribution in [3.8, 4) is 5.75 Å². The minimum absolute atomic E-state index is 0. The van der Waals surface area contributed by atoms with Gasteiger partial charge in [-0.15, -0.1) is 12.4 Å². The van der Waals surface area contributed by atoms with Gasteiger partial charge in [0.1, 0.15) is 5.75 Å². The molecule has 2 atom stereocenters. The number of para-hydroxylation sites is 2. The molecule has 7 nitrogen and oxygen atoms in total. The van der Waals surface area contributed by atoms with Gasteiger partial charge in [0.05, 0.1) is 18.7 Å². The maximum absolute atomic E-state index is 13.0. The monoisotopic (exact) mass is 408 g/mol. The summed E-state index contributed by atoms with van der Waals surface area (Å²) in [6, 6.07) is 7.94. The second-order valence-electron chi connectivity index (χ2n) is 7.59. The molecular formula is C20H29ClN4O3. The van der Waals surface area contributed by atoms with Crippen LogP contribution < -0.4 is 15.0 Å². The van der Waals surface area contributed by atoms with E-state index in [2.05, 4.69) is 10.2 Å². The number of likely N-dealkylation sites (tertiary alicyclic amines) is 1. The molecule has 3 fully saturated rings. The molecule has 1 N–H and O–H groups in total. The van der Waals surface area contributed by atoms with Crippen LogP contribution in [0.25, 0.3) is 0 Å². The van der Waals surface area contributed by atoms with E-state index in [4.69, 9.17) is 4.74 Å².